The van der Waals surface area contributed by atoms with E-state index < -0.39 is 0 Å². The van der Waals surface area contributed by atoms with Crippen molar-refractivity contribution in [2.45, 2.75) is 38.4 Å². The van der Waals surface area contributed by atoms with Gasteiger partial charge in [0.25, 0.3) is 0 Å². The van der Waals surface area contributed by atoms with E-state index in [0.717, 1.165) is 45.2 Å². The summed E-state index contributed by atoms with van der Waals surface area (Å²) in [5.74, 6) is 0.947. The normalized spacial score (nSPS) is 22.2. The lowest BCUT2D eigenvalue weighted by molar-refractivity contribution is 0.120. The van der Waals surface area contributed by atoms with Crippen molar-refractivity contribution >= 4 is 5.96 Å². The smallest absolute Gasteiger partial charge is 0.191 e. The van der Waals surface area contributed by atoms with Crippen LogP contribution < -0.4 is 10.6 Å². The lowest BCUT2D eigenvalue weighted by Crippen LogP contribution is -2.53. The van der Waals surface area contributed by atoms with Gasteiger partial charge in [0.05, 0.1) is 0 Å². The molecule has 0 aromatic heterocycles. The standard InChI is InChI=1S/C22H38N6/c1-19(28-15-13-26(3)14-16-28)17-24-22(23-2)25-21-9-11-27(12-10-21)18-20-7-5-4-6-8-20/h4-8,19,21H,9-18H2,1-3H3,(H2,23,24,25). The highest BCUT2D eigenvalue weighted by atomic mass is 15.3. The Morgan fingerprint density at radius 3 is 2.39 bits per heavy atom. The van der Waals surface area contributed by atoms with Gasteiger partial charge < -0.3 is 15.5 Å². The van der Waals surface area contributed by atoms with E-state index in [2.05, 4.69) is 74.6 Å². The molecule has 2 saturated heterocycles. The molecule has 6 nitrogen and oxygen atoms in total. The van der Waals surface area contributed by atoms with Crippen molar-refractivity contribution in [3.8, 4) is 0 Å². The summed E-state index contributed by atoms with van der Waals surface area (Å²) in [6.45, 7) is 11.2. The fourth-order valence-electron chi connectivity index (χ4n) is 4.10. The second-order valence-corrected chi connectivity index (χ2v) is 8.32. The van der Waals surface area contributed by atoms with Crippen LogP contribution in [0.3, 0.4) is 0 Å². The Labute approximate surface area is 171 Å². The molecule has 1 aromatic carbocycles. The molecule has 3 rings (SSSR count). The van der Waals surface area contributed by atoms with Gasteiger partial charge in [-0.1, -0.05) is 30.3 Å². The van der Waals surface area contributed by atoms with E-state index in [1.54, 1.807) is 0 Å². The molecule has 2 fully saturated rings. The summed E-state index contributed by atoms with van der Waals surface area (Å²) in [5.41, 5.74) is 1.41. The van der Waals surface area contributed by atoms with E-state index >= 15 is 0 Å². The molecule has 2 aliphatic rings. The van der Waals surface area contributed by atoms with Crippen molar-refractivity contribution < 1.29 is 0 Å². The van der Waals surface area contributed by atoms with Crippen LogP contribution in [0.15, 0.2) is 35.3 Å². The number of guanidine groups is 1. The Morgan fingerprint density at radius 1 is 1.07 bits per heavy atom. The maximum atomic E-state index is 4.45. The first-order chi connectivity index (χ1) is 13.6. The second-order valence-electron chi connectivity index (χ2n) is 8.32. The molecule has 156 valence electrons. The molecule has 6 heteroatoms. The number of hydrogen-bond donors (Lipinski definition) is 2. The van der Waals surface area contributed by atoms with Crippen LogP contribution >= 0.6 is 0 Å². The highest BCUT2D eigenvalue weighted by molar-refractivity contribution is 5.80. The number of nitrogens with one attached hydrogen (secondary N) is 2. The fourth-order valence-corrected chi connectivity index (χ4v) is 4.10. The molecule has 0 bridgehead atoms. The predicted octanol–water partition coefficient (Wildman–Crippen LogP) is 1.45. The van der Waals surface area contributed by atoms with Crippen LogP contribution in [0.1, 0.15) is 25.3 Å². The molecule has 2 N–H and O–H groups in total. The van der Waals surface area contributed by atoms with Gasteiger partial charge in [0.1, 0.15) is 0 Å². The van der Waals surface area contributed by atoms with Gasteiger partial charge in [0.15, 0.2) is 5.96 Å². The van der Waals surface area contributed by atoms with Gasteiger partial charge in [0, 0.05) is 71.5 Å². The minimum Gasteiger partial charge on any atom is -0.355 e. The van der Waals surface area contributed by atoms with Crippen molar-refractivity contribution in [1.29, 1.82) is 0 Å². The molecule has 1 unspecified atom stereocenters. The first kappa shape index (κ1) is 21.1. The van der Waals surface area contributed by atoms with Crippen LogP contribution in [-0.4, -0.2) is 92.7 Å². The molecule has 0 spiro atoms. The Morgan fingerprint density at radius 2 is 1.75 bits per heavy atom. The Kier molecular flexibility index (Phi) is 8.13. The van der Waals surface area contributed by atoms with Gasteiger partial charge in [-0.2, -0.15) is 0 Å². The molecule has 2 heterocycles. The number of rotatable bonds is 6. The molecule has 28 heavy (non-hydrogen) atoms. The van der Waals surface area contributed by atoms with Gasteiger partial charge in [-0.3, -0.25) is 14.8 Å². The molecule has 0 amide bonds. The van der Waals surface area contributed by atoms with Crippen molar-refractivity contribution in [3.05, 3.63) is 35.9 Å². The van der Waals surface area contributed by atoms with Gasteiger partial charge >= 0.3 is 0 Å². The zero-order valence-electron chi connectivity index (χ0n) is 17.9. The van der Waals surface area contributed by atoms with E-state index in [1.165, 1.54) is 31.5 Å². The quantitative estimate of drug-likeness (QED) is 0.572. The molecule has 0 radical (unpaired) electrons. The molecule has 0 saturated carbocycles. The number of benzene rings is 1. The van der Waals surface area contributed by atoms with Crippen LogP contribution in [0.5, 0.6) is 0 Å². The van der Waals surface area contributed by atoms with Crippen molar-refractivity contribution in [2.75, 3.05) is 59.9 Å². The molecular formula is C22H38N6. The molecule has 1 aromatic rings. The summed E-state index contributed by atoms with van der Waals surface area (Å²) >= 11 is 0. The number of nitrogens with zero attached hydrogens (tertiary/aromatic N) is 4. The number of likely N-dealkylation sites (tertiary alicyclic amines) is 1. The minimum absolute atomic E-state index is 0.511. The second kappa shape index (κ2) is 10.8. The Balaban J connectivity index is 1.36. The third kappa shape index (κ3) is 6.47. The Bertz CT molecular complexity index is 588. The summed E-state index contributed by atoms with van der Waals surface area (Å²) in [4.78, 5) is 12.0. The first-order valence-electron chi connectivity index (χ1n) is 10.8. The van der Waals surface area contributed by atoms with Crippen LogP contribution in [0.25, 0.3) is 0 Å². The van der Waals surface area contributed by atoms with Crippen molar-refractivity contribution in [3.63, 3.8) is 0 Å². The highest BCUT2D eigenvalue weighted by Crippen LogP contribution is 2.14. The SMILES string of the molecule is CN=C(NCC(C)N1CCN(C)CC1)NC1CCN(Cc2ccccc2)CC1. The monoisotopic (exact) mass is 386 g/mol. The van der Waals surface area contributed by atoms with Crippen LogP contribution in [0, 0.1) is 0 Å². The summed E-state index contributed by atoms with van der Waals surface area (Å²) < 4.78 is 0. The minimum atomic E-state index is 0.511. The predicted molar refractivity (Wildman–Crippen MR) is 118 cm³/mol. The number of likely N-dealkylation sites (N-methyl/N-ethyl adjacent to an activating group) is 1. The van der Waals surface area contributed by atoms with Gasteiger partial charge in [-0.25, -0.2) is 0 Å². The third-order valence-electron chi connectivity index (χ3n) is 6.13. The van der Waals surface area contributed by atoms with Crippen molar-refractivity contribution in [2.24, 2.45) is 4.99 Å². The third-order valence-corrected chi connectivity index (χ3v) is 6.13. The number of hydrogen-bond acceptors (Lipinski definition) is 4. The summed E-state index contributed by atoms with van der Waals surface area (Å²) in [6.07, 6.45) is 2.34. The zero-order chi connectivity index (χ0) is 19.8. The lowest BCUT2D eigenvalue weighted by atomic mass is 10.0. The average molecular weight is 387 g/mol. The maximum absolute atomic E-state index is 4.45. The first-order valence-corrected chi connectivity index (χ1v) is 10.8. The summed E-state index contributed by atoms with van der Waals surface area (Å²) in [7, 11) is 4.08. The average Bonchev–Trinajstić information content (AvgIpc) is 2.73. The van der Waals surface area contributed by atoms with E-state index in [4.69, 9.17) is 0 Å². The Hall–Kier alpha value is -1.63. The van der Waals surface area contributed by atoms with Gasteiger partial charge in [-0.05, 0) is 32.4 Å². The maximum Gasteiger partial charge on any atom is 0.191 e. The zero-order valence-corrected chi connectivity index (χ0v) is 17.9. The van der Waals surface area contributed by atoms with E-state index in [1.807, 2.05) is 7.05 Å². The molecular weight excluding hydrogens is 348 g/mol. The molecule has 1 atom stereocenters. The fraction of sp³-hybridized carbons (Fsp3) is 0.682. The lowest BCUT2D eigenvalue weighted by Gasteiger charge is -2.37. The summed E-state index contributed by atoms with van der Waals surface area (Å²) in [5, 5.41) is 7.19. The van der Waals surface area contributed by atoms with Crippen LogP contribution in [0.2, 0.25) is 0 Å². The largest absolute Gasteiger partial charge is 0.355 e. The topological polar surface area (TPSA) is 46.1 Å². The summed E-state index contributed by atoms with van der Waals surface area (Å²) in [6, 6.07) is 11.8. The number of piperidine rings is 1. The van der Waals surface area contributed by atoms with Gasteiger partial charge in [0.2, 0.25) is 0 Å². The van der Waals surface area contributed by atoms with Crippen LogP contribution in [0.4, 0.5) is 0 Å². The van der Waals surface area contributed by atoms with E-state index in [0.29, 0.717) is 12.1 Å². The highest BCUT2D eigenvalue weighted by Gasteiger charge is 2.22. The molecule has 2 aliphatic heterocycles. The van der Waals surface area contributed by atoms with Crippen molar-refractivity contribution in [1.82, 2.24) is 25.3 Å². The van der Waals surface area contributed by atoms with Crippen LogP contribution in [-0.2, 0) is 6.54 Å². The van der Waals surface area contributed by atoms with E-state index in [-0.39, 0.29) is 0 Å². The number of aliphatic imine (C=N–C) groups is 1. The van der Waals surface area contributed by atoms with E-state index in [9.17, 15) is 0 Å². The molecule has 0 aliphatic carbocycles. The number of piperazine rings is 1. The van der Waals surface area contributed by atoms with Gasteiger partial charge in [-0.15, -0.1) is 0 Å².